The Bertz CT molecular complexity index is 484. The summed E-state index contributed by atoms with van der Waals surface area (Å²) in [6.07, 6.45) is 8.48. The van der Waals surface area contributed by atoms with Crippen LogP contribution in [0.2, 0.25) is 5.28 Å². The molecule has 0 unspecified atom stereocenters. The number of hydrogen-bond acceptors (Lipinski definition) is 5. The van der Waals surface area contributed by atoms with E-state index in [0.717, 1.165) is 13.0 Å². The predicted molar refractivity (Wildman–Crippen MR) is 70.0 cm³/mol. The SMILES string of the molecule is CCCCCNc1nc(Cl)nc(-n2ccnc2)n1. The van der Waals surface area contributed by atoms with Crippen molar-refractivity contribution in [1.29, 1.82) is 0 Å². The number of unbranched alkanes of at least 4 members (excludes halogenated alkanes) is 2. The lowest BCUT2D eigenvalue weighted by atomic mass is 10.2. The highest BCUT2D eigenvalue weighted by atomic mass is 35.5. The zero-order chi connectivity index (χ0) is 12.8. The molecule has 18 heavy (non-hydrogen) atoms. The van der Waals surface area contributed by atoms with Crippen molar-refractivity contribution < 1.29 is 0 Å². The Kier molecular flexibility index (Phi) is 4.46. The van der Waals surface area contributed by atoms with Gasteiger partial charge in [0.25, 0.3) is 0 Å². The summed E-state index contributed by atoms with van der Waals surface area (Å²) in [6, 6.07) is 0. The largest absolute Gasteiger partial charge is 0.354 e. The van der Waals surface area contributed by atoms with Crippen molar-refractivity contribution in [3.05, 3.63) is 24.0 Å². The second kappa shape index (κ2) is 6.30. The zero-order valence-electron chi connectivity index (χ0n) is 10.2. The number of nitrogens with zero attached hydrogens (tertiary/aromatic N) is 5. The van der Waals surface area contributed by atoms with Crippen LogP contribution < -0.4 is 5.32 Å². The molecular formula is C11H15ClN6. The molecule has 0 atom stereocenters. The van der Waals surface area contributed by atoms with Gasteiger partial charge in [0.2, 0.25) is 17.2 Å². The van der Waals surface area contributed by atoms with Gasteiger partial charge in [-0.2, -0.15) is 15.0 Å². The number of anilines is 1. The minimum Gasteiger partial charge on any atom is -0.354 e. The molecular weight excluding hydrogens is 252 g/mol. The molecule has 1 N–H and O–H groups in total. The summed E-state index contributed by atoms with van der Waals surface area (Å²) in [5.41, 5.74) is 0. The highest BCUT2D eigenvalue weighted by Crippen LogP contribution is 2.09. The third kappa shape index (κ3) is 3.40. The predicted octanol–water partition coefficient (Wildman–Crippen LogP) is 2.31. The van der Waals surface area contributed by atoms with E-state index in [9.17, 15) is 0 Å². The fourth-order valence-corrected chi connectivity index (χ4v) is 1.64. The van der Waals surface area contributed by atoms with Crippen LogP contribution >= 0.6 is 11.6 Å². The van der Waals surface area contributed by atoms with E-state index in [2.05, 4.69) is 32.2 Å². The van der Waals surface area contributed by atoms with E-state index in [1.165, 1.54) is 12.8 Å². The van der Waals surface area contributed by atoms with E-state index in [1.54, 1.807) is 23.3 Å². The van der Waals surface area contributed by atoms with Gasteiger partial charge in [-0.25, -0.2) is 4.98 Å². The third-order valence-corrected chi connectivity index (χ3v) is 2.56. The van der Waals surface area contributed by atoms with Gasteiger partial charge in [-0.1, -0.05) is 19.8 Å². The molecule has 0 saturated carbocycles. The lowest BCUT2D eigenvalue weighted by molar-refractivity contribution is 0.738. The number of hydrogen-bond donors (Lipinski definition) is 1. The molecule has 0 aliphatic carbocycles. The first-order valence-electron chi connectivity index (χ1n) is 5.93. The van der Waals surface area contributed by atoms with Gasteiger partial charge in [-0.3, -0.25) is 4.57 Å². The van der Waals surface area contributed by atoms with Gasteiger partial charge in [-0.15, -0.1) is 0 Å². The average molecular weight is 267 g/mol. The molecule has 0 fully saturated rings. The molecule has 96 valence electrons. The first-order chi connectivity index (χ1) is 8.79. The molecule has 0 aromatic carbocycles. The molecule has 2 heterocycles. The molecule has 0 aliphatic rings. The van der Waals surface area contributed by atoms with Gasteiger partial charge in [0.15, 0.2) is 0 Å². The molecule has 0 aliphatic heterocycles. The molecule has 0 spiro atoms. The van der Waals surface area contributed by atoms with Crippen molar-refractivity contribution in [1.82, 2.24) is 24.5 Å². The van der Waals surface area contributed by atoms with Crippen LogP contribution in [-0.2, 0) is 0 Å². The molecule has 0 amide bonds. The highest BCUT2D eigenvalue weighted by Gasteiger charge is 2.05. The minimum atomic E-state index is 0.173. The van der Waals surface area contributed by atoms with Crippen molar-refractivity contribution >= 4 is 17.5 Å². The van der Waals surface area contributed by atoms with Crippen LogP contribution in [0.15, 0.2) is 18.7 Å². The van der Waals surface area contributed by atoms with Crippen LogP contribution in [0, 0.1) is 0 Å². The normalized spacial score (nSPS) is 10.6. The van der Waals surface area contributed by atoms with Crippen LogP contribution in [0.25, 0.3) is 5.95 Å². The maximum atomic E-state index is 5.87. The molecule has 0 saturated heterocycles. The molecule has 2 aromatic rings. The maximum Gasteiger partial charge on any atom is 0.241 e. The van der Waals surface area contributed by atoms with E-state index in [-0.39, 0.29) is 5.28 Å². The summed E-state index contributed by atoms with van der Waals surface area (Å²) in [5.74, 6) is 0.959. The number of nitrogens with one attached hydrogen (secondary N) is 1. The second-order valence-corrected chi connectivity index (χ2v) is 4.17. The second-order valence-electron chi connectivity index (χ2n) is 3.83. The van der Waals surface area contributed by atoms with Crippen LogP contribution in [0.5, 0.6) is 0 Å². The van der Waals surface area contributed by atoms with Crippen LogP contribution in [0.4, 0.5) is 5.95 Å². The highest BCUT2D eigenvalue weighted by molar-refractivity contribution is 6.28. The van der Waals surface area contributed by atoms with Crippen molar-refractivity contribution in [3.8, 4) is 5.95 Å². The van der Waals surface area contributed by atoms with Gasteiger partial charge in [0.05, 0.1) is 0 Å². The summed E-state index contributed by atoms with van der Waals surface area (Å²) in [6.45, 7) is 2.99. The van der Waals surface area contributed by atoms with Crippen LogP contribution in [0.3, 0.4) is 0 Å². The van der Waals surface area contributed by atoms with Crippen LogP contribution in [-0.4, -0.2) is 31.0 Å². The Morgan fingerprint density at radius 3 is 2.89 bits per heavy atom. The molecule has 0 bridgehead atoms. The Hall–Kier alpha value is -1.69. The molecule has 0 radical (unpaired) electrons. The van der Waals surface area contributed by atoms with Gasteiger partial charge in [0, 0.05) is 18.9 Å². The minimum absolute atomic E-state index is 0.173. The zero-order valence-corrected chi connectivity index (χ0v) is 10.9. The summed E-state index contributed by atoms with van der Waals surface area (Å²) < 4.78 is 1.69. The van der Waals surface area contributed by atoms with E-state index in [1.807, 2.05) is 0 Å². The summed E-state index contributed by atoms with van der Waals surface area (Å²) in [5, 5.41) is 3.32. The standard InChI is InChI=1S/C11H15ClN6/c1-2-3-4-5-14-10-15-9(12)16-11(17-10)18-7-6-13-8-18/h6-8H,2-5H2,1H3,(H,14,15,16,17). The smallest absolute Gasteiger partial charge is 0.241 e. The lowest BCUT2D eigenvalue weighted by Gasteiger charge is -2.06. The Labute approximate surface area is 110 Å². The van der Waals surface area contributed by atoms with E-state index < -0.39 is 0 Å². The molecule has 7 heteroatoms. The summed E-state index contributed by atoms with van der Waals surface area (Å²) in [4.78, 5) is 16.3. The Balaban J connectivity index is 2.07. The quantitative estimate of drug-likeness (QED) is 0.813. The maximum absolute atomic E-state index is 5.87. The summed E-state index contributed by atoms with van der Waals surface area (Å²) >= 11 is 5.87. The molecule has 2 rings (SSSR count). The topological polar surface area (TPSA) is 68.5 Å². The number of aromatic nitrogens is 5. The van der Waals surface area contributed by atoms with Crippen molar-refractivity contribution in [2.45, 2.75) is 26.2 Å². The monoisotopic (exact) mass is 266 g/mol. The fourth-order valence-electron chi connectivity index (χ4n) is 1.49. The van der Waals surface area contributed by atoms with Gasteiger partial charge >= 0.3 is 0 Å². The van der Waals surface area contributed by atoms with Gasteiger partial charge in [0.1, 0.15) is 6.33 Å². The van der Waals surface area contributed by atoms with Gasteiger partial charge in [-0.05, 0) is 18.0 Å². The summed E-state index contributed by atoms with van der Waals surface area (Å²) in [7, 11) is 0. The lowest BCUT2D eigenvalue weighted by Crippen LogP contribution is -2.09. The average Bonchev–Trinajstić information content (AvgIpc) is 2.88. The third-order valence-electron chi connectivity index (χ3n) is 2.40. The van der Waals surface area contributed by atoms with Crippen molar-refractivity contribution in [2.75, 3.05) is 11.9 Å². The van der Waals surface area contributed by atoms with E-state index in [4.69, 9.17) is 11.6 Å². The van der Waals surface area contributed by atoms with Gasteiger partial charge < -0.3 is 5.32 Å². The Morgan fingerprint density at radius 2 is 2.17 bits per heavy atom. The first kappa shape index (κ1) is 12.8. The Morgan fingerprint density at radius 1 is 1.28 bits per heavy atom. The number of imidazole rings is 1. The first-order valence-corrected chi connectivity index (χ1v) is 6.31. The number of rotatable bonds is 6. The molecule has 6 nitrogen and oxygen atoms in total. The van der Waals surface area contributed by atoms with Crippen LogP contribution in [0.1, 0.15) is 26.2 Å². The fraction of sp³-hybridized carbons (Fsp3) is 0.455. The van der Waals surface area contributed by atoms with E-state index >= 15 is 0 Å². The molecule has 2 aromatic heterocycles. The van der Waals surface area contributed by atoms with Crippen molar-refractivity contribution in [3.63, 3.8) is 0 Å². The van der Waals surface area contributed by atoms with E-state index in [0.29, 0.717) is 11.9 Å². The number of halogens is 1. The van der Waals surface area contributed by atoms with Crippen molar-refractivity contribution in [2.24, 2.45) is 0 Å².